The van der Waals surface area contributed by atoms with Crippen LogP contribution in [0.4, 0.5) is 4.39 Å². The number of benzene rings is 1. The van der Waals surface area contributed by atoms with Crippen LogP contribution in [0.3, 0.4) is 0 Å². The molecule has 0 aliphatic rings. The zero-order valence-electron chi connectivity index (χ0n) is 8.22. The highest BCUT2D eigenvalue weighted by atomic mass is 35.5. The van der Waals surface area contributed by atoms with Crippen molar-refractivity contribution in [2.75, 3.05) is 13.8 Å². The first-order valence-electron chi connectivity index (χ1n) is 4.28. The summed E-state index contributed by atoms with van der Waals surface area (Å²) in [4.78, 5) is 1.63. The van der Waals surface area contributed by atoms with Gasteiger partial charge in [0.1, 0.15) is 5.82 Å². The van der Waals surface area contributed by atoms with Gasteiger partial charge in [0.25, 0.3) is 0 Å². The van der Waals surface area contributed by atoms with Gasteiger partial charge in [-0.25, -0.2) is 4.39 Å². The van der Waals surface area contributed by atoms with Crippen molar-refractivity contribution in [1.29, 1.82) is 0 Å². The maximum atomic E-state index is 13.2. The van der Waals surface area contributed by atoms with E-state index >= 15 is 0 Å². The van der Waals surface area contributed by atoms with Crippen molar-refractivity contribution in [3.05, 3.63) is 34.1 Å². The second-order valence-corrected chi connectivity index (χ2v) is 3.76. The Hall–Kier alpha value is -0.640. The zero-order valence-corrected chi connectivity index (χ0v) is 8.98. The van der Waals surface area contributed by atoms with Crippen LogP contribution in [0.5, 0.6) is 0 Å². The van der Waals surface area contributed by atoms with Crippen molar-refractivity contribution in [2.24, 2.45) is 0 Å². The molecule has 1 aromatic carbocycles. The lowest BCUT2D eigenvalue weighted by Crippen LogP contribution is -2.18. The molecule has 0 spiro atoms. The predicted molar refractivity (Wildman–Crippen MR) is 54.7 cm³/mol. The second kappa shape index (κ2) is 4.73. The van der Waals surface area contributed by atoms with E-state index in [9.17, 15) is 4.39 Å². The van der Waals surface area contributed by atoms with Gasteiger partial charge in [-0.05, 0) is 37.2 Å². The Balaban J connectivity index is 2.92. The Kier molecular flexibility index (Phi) is 3.86. The summed E-state index contributed by atoms with van der Waals surface area (Å²) in [5.74, 6) is -0.268. The molecule has 0 unspecified atom stereocenters. The Bertz CT molecular complexity index is 330. The summed E-state index contributed by atoms with van der Waals surface area (Å²) in [6, 6.07) is 3.00. The highest BCUT2D eigenvalue weighted by Gasteiger charge is 2.07. The van der Waals surface area contributed by atoms with E-state index in [0.29, 0.717) is 22.7 Å². The molecule has 0 aliphatic carbocycles. The van der Waals surface area contributed by atoms with Gasteiger partial charge in [0.2, 0.25) is 0 Å². The number of aliphatic hydroxyl groups is 1. The summed E-state index contributed by atoms with van der Waals surface area (Å²) in [6.07, 6.45) is 0. The van der Waals surface area contributed by atoms with Gasteiger partial charge in [-0.1, -0.05) is 11.6 Å². The van der Waals surface area contributed by atoms with Crippen molar-refractivity contribution >= 4 is 11.6 Å². The molecule has 0 bridgehead atoms. The molecule has 4 heteroatoms. The van der Waals surface area contributed by atoms with Crippen LogP contribution in [0.25, 0.3) is 0 Å². The smallest absolute Gasteiger partial charge is 0.126 e. The van der Waals surface area contributed by atoms with Gasteiger partial charge < -0.3 is 5.11 Å². The molecule has 1 aromatic rings. The third-order valence-corrected chi connectivity index (χ3v) is 2.36. The fourth-order valence-corrected chi connectivity index (χ4v) is 1.43. The number of hydrogen-bond acceptors (Lipinski definition) is 2. The van der Waals surface area contributed by atoms with Crippen LogP contribution >= 0.6 is 11.6 Å². The molecule has 0 heterocycles. The largest absolute Gasteiger partial charge is 0.381 e. The minimum absolute atomic E-state index is 0.0776. The van der Waals surface area contributed by atoms with E-state index in [1.54, 1.807) is 24.9 Å². The predicted octanol–water partition coefficient (Wildman–Crippen LogP) is 2.17. The first-order chi connectivity index (χ1) is 6.54. The first kappa shape index (κ1) is 11.4. The van der Waals surface area contributed by atoms with E-state index < -0.39 is 0 Å². The molecule has 1 N–H and O–H groups in total. The molecule has 1 rings (SSSR count). The SMILES string of the molecule is Cc1cc(Cl)c(CN(C)CO)cc1F. The van der Waals surface area contributed by atoms with Crippen LogP contribution in [0.15, 0.2) is 12.1 Å². The maximum Gasteiger partial charge on any atom is 0.126 e. The van der Waals surface area contributed by atoms with Gasteiger partial charge in [-0.3, -0.25) is 4.90 Å². The molecule has 0 radical (unpaired) electrons. The fourth-order valence-electron chi connectivity index (χ4n) is 1.15. The van der Waals surface area contributed by atoms with Crippen molar-refractivity contribution < 1.29 is 9.50 Å². The summed E-state index contributed by atoms with van der Waals surface area (Å²) >= 11 is 5.93. The highest BCUT2D eigenvalue weighted by molar-refractivity contribution is 6.31. The highest BCUT2D eigenvalue weighted by Crippen LogP contribution is 2.21. The van der Waals surface area contributed by atoms with Gasteiger partial charge in [0.05, 0.1) is 6.73 Å². The molecule has 0 atom stereocenters. The molecule has 78 valence electrons. The fraction of sp³-hybridized carbons (Fsp3) is 0.400. The Morgan fingerprint density at radius 2 is 2.14 bits per heavy atom. The summed E-state index contributed by atoms with van der Waals surface area (Å²) in [7, 11) is 1.73. The van der Waals surface area contributed by atoms with Gasteiger partial charge >= 0.3 is 0 Å². The van der Waals surface area contributed by atoms with Crippen LogP contribution in [-0.2, 0) is 6.54 Å². The average molecular weight is 218 g/mol. The van der Waals surface area contributed by atoms with E-state index in [2.05, 4.69) is 0 Å². The van der Waals surface area contributed by atoms with E-state index in [1.165, 1.54) is 6.07 Å². The van der Waals surface area contributed by atoms with Crippen LogP contribution in [-0.4, -0.2) is 23.8 Å². The van der Waals surface area contributed by atoms with Crippen molar-refractivity contribution in [3.63, 3.8) is 0 Å². The Labute approximate surface area is 87.9 Å². The molecule has 2 nitrogen and oxygen atoms in total. The topological polar surface area (TPSA) is 23.5 Å². The van der Waals surface area contributed by atoms with Crippen LogP contribution in [0.1, 0.15) is 11.1 Å². The normalized spacial score (nSPS) is 11.0. The second-order valence-electron chi connectivity index (χ2n) is 3.35. The number of hydrogen-bond donors (Lipinski definition) is 1. The van der Waals surface area contributed by atoms with Crippen LogP contribution in [0.2, 0.25) is 5.02 Å². The standard InChI is InChI=1S/C10H13ClFNO/c1-7-3-9(11)8(4-10(7)12)5-13(2)6-14/h3-4,14H,5-6H2,1-2H3. The lowest BCUT2D eigenvalue weighted by Gasteiger charge is -2.14. The summed E-state index contributed by atoms with van der Waals surface area (Å²) in [5, 5.41) is 9.33. The van der Waals surface area contributed by atoms with E-state index in [4.69, 9.17) is 16.7 Å². The molecule has 0 saturated heterocycles. The summed E-state index contributed by atoms with van der Waals surface area (Å²) in [6.45, 7) is 2.03. The molecule has 0 amide bonds. The number of aryl methyl sites for hydroxylation is 1. The van der Waals surface area contributed by atoms with Crippen molar-refractivity contribution in [3.8, 4) is 0 Å². The lowest BCUT2D eigenvalue weighted by molar-refractivity contribution is 0.127. The molecular weight excluding hydrogens is 205 g/mol. The van der Waals surface area contributed by atoms with Gasteiger partial charge in [-0.2, -0.15) is 0 Å². The molecule has 0 aliphatic heterocycles. The number of rotatable bonds is 3. The number of nitrogens with zero attached hydrogens (tertiary/aromatic N) is 1. The first-order valence-corrected chi connectivity index (χ1v) is 4.66. The third-order valence-electron chi connectivity index (χ3n) is 2.01. The van der Waals surface area contributed by atoms with E-state index in [0.717, 1.165) is 0 Å². The Morgan fingerprint density at radius 1 is 1.50 bits per heavy atom. The van der Waals surface area contributed by atoms with Gasteiger partial charge in [-0.15, -0.1) is 0 Å². The average Bonchev–Trinajstić information content (AvgIpc) is 2.14. The summed E-state index contributed by atoms with van der Waals surface area (Å²) in [5.41, 5.74) is 1.22. The van der Waals surface area contributed by atoms with Gasteiger partial charge in [0.15, 0.2) is 0 Å². The van der Waals surface area contributed by atoms with Crippen LogP contribution in [0, 0.1) is 12.7 Å². The monoisotopic (exact) mass is 217 g/mol. The minimum Gasteiger partial charge on any atom is -0.381 e. The van der Waals surface area contributed by atoms with Crippen molar-refractivity contribution in [1.82, 2.24) is 4.90 Å². The zero-order chi connectivity index (χ0) is 10.7. The maximum absolute atomic E-state index is 13.2. The molecular formula is C10H13ClFNO. The molecule has 0 saturated carbocycles. The van der Waals surface area contributed by atoms with E-state index in [-0.39, 0.29) is 12.5 Å². The van der Waals surface area contributed by atoms with E-state index in [1.807, 2.05) is 0 Å². The summed E-state index contributed by atoms with van der Waals surface area (Å²) < 4.78 is 13.2. The number of halogens is 2. The number of aliphatic hydroxyl groups excluding tert-OH is 1. The molecule has 0 fully saturated rings. The van der Waals surface area contributed by atoms with Crippen LogP contribution < -0.4 is 0 Å². The lowest BCUT2D eigenvalue weighted by atomic mass is 10.1. The van der Waals surface area contributed by atoms with Gasteiger partial charge in [0, 0.05) is 11.6 Å². The third kappa shape index (κ3) is 2.67. The molecule has 0 aromatic heterocycles. The quantitative estimate of drug-likeness (QED) is 0.785. The Morgan fingerprint density at radius 3 is 2.71 bits per heavy atom. The van der Waals surface area contributed by atoms with Crippen molar-refractivity contribution in [2.45, 2.75) is 13.5 Å². The minimum atomic E-state index is -0.268. The molecule has 14 heavy (non-hydrogen) atoms.